The number of rotatable bonds is 1. The molecule has 2 aliphatic rings. The second-order valence-corrected chi connectivity index (χ2v) is 6.49. The minimum Gasteiger partial charge on any atom is -0.390 e. The molecule has 0 unspecified atom stereocenters. The summed E-state index contributed by atoms with van der Waals surface area (Å²) in [5.74, 6) is 2.51. The SMILES string of the molecule is CC(C)C1=C[C@@H]2[C@@H](CC[C@@H]2C)[C@@](C)(O)CC1. The molecule has 0 aromatic rings. The highest BCUT2D eigenvalue weighted by molar-refractivity contribution is 5.15. The van der Waals surface area contributed by atoms with Crippen LogP contribution in [0.5, 0.6) is 0 Å². The highest BCUT2D eigenvalue weighted by atomic mass is 16.3. The first kappa shape index (κ1) is 12.2. The van der Waals surface area contributed by atoms with E-state index in [1.807, 2.05) is 0 Å². The lowest BCUT2D eigenvalue weighted by molar-refractivity contribution is -0.0168. The van der Waals surface area contributed by atoms with Crippen LogP contribution < -0.4 is 0 Å². The fraction of sp³-hybridized carbons (Fsp3) is 0.867. The lowest BCUT2D eigenvalue weighted by Crippen LogP contribution is -2.36. The van der Waals surface area contributed by atoms with Crippen molar-refractivity contribution in [1.29, 1.82) is 0 Å². The largest absolute Gasteiger partial charge is 0.390 e. The summed E-state index contributed by atoms with van der Waals surface area (Å²) in [6.45, 7) is 8.96. The molecule has 4 atom stereocenters. The van der Waals surface area contributed by atoms with Gasteiger partial charge in [0.25, 0.3) is 0 Å². The standard InChI is InChI=1S/C15H26O/c1-10(2)12-7-8-15(4,16)14-6-5-11(3)13(14)9-12/h9-11,13-14,16H,5-8H2,1-4H3/t11-,13-,14+,15-/m0/s1. The van der Waals surface area contributed by atoms with Crippen LogP contribution in [-0.4, -0.2) is 10.7 Å². The van der Waals surface area contributed by atoms with E-state index in [2.05, 4.69) is 33.8 Å². The van der Waals surface area contributed by atoms with Gasteiger partial charge in [-0.3, -0.25) is 0 Å². The van der Waals surface area contributed by atoms with Gasteiger partial charge in [0, 0.05) is 0 Å². The molecule has 16 heavy (non-hydrogen) atoms. The van der Waals surface area contributed by atoms with Gasteiger partial charge in [0.15, 0.2) is 0 Å². The Kier molecular flexibility index (Phi) is 3.18. The molecule has 0 amide bonds. The molecule has 2 rings (SSSR count). The topological polar surface area (TPSA) is 20.2 Å². The van der Waals surface area contributed by atoms with E-state index in [0.29, 0.717) is 17.8 Å². The van der Waals surface area contributed by atoms with Crippen LogP contribution in [0.1, 0.15) is 53.4 Å². The number of hydrogen-bond donors (Lipinski definition) is 1. The smallest absolute Gasteiger partial charge is 0.0656 e. The Morgan fingerprint density at radius 2 is 2.06 bits per heavy atom. The Balaban J connectivity index is 2.29. The second kappa shape index (κ2) is 4.18. The Labute approximate surface area is 99.9 Å². The van der Waals surface area contributed by atoms with Crippen molar-refractivity contribution in [2.24, 2.45) is 23.7 Å². The zero-order chi connectivity index (χ0) is 11.9. The van der Waals surface area contributed by atoms with Crippen molar-refractivity contribution in [2.45, 2.75) is 59.0 Å². The summed E-state index contributed by atoms with van der Waals surface area (Å²) in [6.07, 6.45) is 7.04. The van der Waals surface area contributed by atoms with Crippen molar-refractivity contribution in [3.05, 3.63) is 11.6 Å². The summed E-state index contributed by atoms with van der Waals surface area (Å²) >= 11 is 0. The lowest BCUT2D eigenvalue weighted by Gasteiger charge is -2.32. The van der Waals surface area contributed by atoms with E-state index in [-0.39, 0.29) is 0 Å². The van der Waals surface area contributed by atoms with E-state index >= 15 is 0 Å². The average Bonchev–Trinajstić information content (AvgIpc) is 2.47. The number of fused-ring (bicyclic) bond motifs is 1. The lowest BCUT2D eigenvalue weighted by atomic mass is 9.79. The predicted octanol–water partition coefficient (Wildman–Crippen LogP) is 3.78. The molecule has 0 heterocycles. The van der Waals surface area contributed by atoms with E-state index in [1.165, 1.54) is 12.8 Å². The van der Waals surface area contributed by atoms with Gasteiger partial charge in [-0.1, -0.05) is 32.4 Å². The summed E-state index contributed by atoms with van der Waals surface area (Å²) in [6, 6.07) is 0. The molecule has 1 heteroatoms. The van der Waals surface area contributed by atoms with Crippen LogP contribution in [0.3, 0.4) is 0 Å². The molecule has 1 N–H and O–H groups in total. The van der Waals surface area contributed by atoms with E-state index < -0.39 is 5.60 Å². The van der Waals surface area contributed by atoms with Crippen LogP contribution in [0.2, 0.25) is 0 Å². The maximum absolute atomic E-state index is 10.6. The van der Waals surface area contributed by atoms with Crippen LogP contribution >= 0.6 is 0 Å². The molecular formula is C15H26O. The van der Waals surface area contributed by atoms with Gasteiger partial charge >= 0.3 is 0 Å². The molecule has 2 aliphatic carbocycles. The van der Waals surface area contributed by atoms with Crippen molar-refractivity contribution >= 4 is 0 Å². The van der Waals surface area contributed by atoms with Gasteiger partial charge in [0.2, 0.25) is 0 Å². The second-order valence-electron chi connectivity index (χ2n) is 6.49. The Bertz CT molecular complexity index is 288. The first-order valence-corrected chi connectivity index (χ1v) is 6.85. The molecule has 0 saturated heterocycles. The zero-order valence-electron chi connectivity index (χ0n) is 11.2. The minimum absolute atomic E-state index is 0.442. The Morgan fingerprint density at radius 1 is 1.38 bits per heavy atom. The molecule has 0 aromatic carbocycles. The molecular weight excluding hydrogens is 196 g/mol. The van der Waals surface area contributed by atoms with Gasteiger partial charge in [-0.15, -0.1) is 0 Å². The first-order valence-electron chi connectivity index (χ1n) is 6.85. The maximum atomic E-state index is 10.6. The van der Waals surface area contributed by atoms with Crippen LogP contribution in [0, 0.1) is 23.7 Å². The van der Waals surface area contributed by atoms with Crippen molar-refractivity contribution in [2.75, 3.05) is 0 Å². The van der Waals surface area contributed by atoms with Crippen LogP contribution in [-0.2, 0) is 0 Å². The predicted molar refractivity (Wildman–Crippen MR) is 68.2 cm³/mol. The van der Waals surface area contributed by atoms with Crippen molar-refractivity contribution in [3.8, 4) is 0 Å². The number of allylic oxidation sites excluding steroid dienone is 2. The van der Waals surface area contributed by atoms with Crippen molar-refractivity contribution in [3.63, 3.8) is 0 Å². The van der Waals surface area contributed by atoms with Gasteiger partial charge in [-0.25, -0.2) is 0 Å². The maximum Gasteiger partial charge on any atom is 0.0656 e. The van der Waals surface area contributed by atoms with E-state index in [0.717, 1.165) is 18.8 Å². The number of aliphatic hydroxyl groups is 1. The zero-order valence-corrected chi connectivity index (χ0v) is 11.2. The summed E-state index contributed by atoms with van der Waals surface area (Å²) < 4.78 is 0. The summed E-state index contributed by atoms with van der Waals surface area (Å²) in [7, 11) is 0. The van der Waals surface area contributed by atoms with Crippen LogP contribution in [0.4, 0.5) is 0 Å². The van der Waals surface area contributed by atoms with Gasteiger partial charge in [-0.2, -0.15) is 0 Å². The van der Waals surface area contributed by atoms with E-state index in [4.69, 9.17) is 0 Å². The molecule has 0 radical (unpaired) electrons. The van der Waals surface area contributed by atoms with Crippen LogP contribution in [0.15, 0.2) is 11.6 Å². The van der Waals surface area contributed by atoms with E-state index in [9.17, 15) is 5.11 Å². The molecule has 1 nitrogen and oxygen atoms in total. The summed E-state index contributed by atoms with van der Waals surface area (Å²) in [4.78, 5) is 0. The summed E-state index contributed by atoms with van der Waals surface area (Å²) in [5, 5.41) is 10.6. The minimum atomic E-state index is -0.442. The van der Waals surface area contributed by atoms with Gasteiger partial charge in [-0.05, 0) is 56.3 Å². The third-order valence-corrected chi connectivity index (χ3v) is 4.92. The van der Waals surface area contributed by atoms with Crippen molar-refractivity contribution in [1.82, 2.24) is 0 Å². The van der Waals surface area contributed by atoms with E-state index in [1.54, 1.807) is 5.57 Å². The molecule has 0 bridgehead atoms. The van der Waals surface area contributed by atoms with Gasteiger partial charge < -0.3 is 5.11 Å². The fourth-order valence-electron chi connectivity index (χ4n) is 3.62. The van der Waals surface area contributed by atoms with Gasteiger partial charge in [0.05, 0.1) is 5.60 Å². The Morgan fingerprint density at radius 3 is 2.69 bits per heavy atom. The Hall–Kier alpha value is -0.300. The highest BCUT2D eigenvalue weighted by Crippen LogP contribution is 2.48. The monoisotopic (exact) mass is 222 g/mol. The molecule has 1 saturated carbocycles. The highest BCUT2D eigenvalue weighted by Gasteiger charge is 2.44. The third-order valence-electron chi connectivity index (χ3n) is 4.92. The molecule has 92 valence electrons. The first-order chi connectivity index (χ1) is 7.42. The fourth-order valence-corrected chi connectivity index (χ4v) is 3.62. The average molecular weight is 222 g/mol. The molecule has 0 spiro atoms. The molecule has 0 aromatic heterocycles. The normalized spacial score (nSPS) is 44.1. The van der Waals surface area contributed by atoms with Gasteiger partial charge in [0.1, 0.15) is 0 Å². The molecule has 0 aliphatic heterocycles. The number of hydrogen-bond acceptors (Lipinski definition) is 1. The van der Waals surface area contributed by atoms with Crippen molar-refractivity contribution < 1.29 is 5.11 Å². The van der Waals surface area contributed by atoms with Crippen LogP contribution in [0.25, 0.3) is 0 Å². The third kappa shape index (κ3) is 2.07. The molecule has 1 fully saturated rings. The quantitative estimate of drug-likeness (QED) is 0.669. The summed E-state index contributed by atoms with van der Waals surface area (Å²) in [5.41, 5.74) is 1.13.